The molecule has 0 heterocycles. The summed E-state index contributed by atoms with van der Waals surface area (Å²) in [5.74, 6) is 1.71. The predicted molar refractivity (Wildman–Crippen MR) is 83.0 cm³/mol. The van der Waals surface area contributed by atoms with E-state index in [1.54, 1.807) is 0 Å². The first-order valence-electron chi connectivity index (χ1n) is 6.42. The predicted octanol–water partition coefficient (Wildman–Crippen LogP) is 1.73. The first-order chi connectivity index (χ1) is 7.76. The van der Waals surface area contributed by atoms with Crippen molar-refractivity contribution in [2.75, 3.05) is 19.7 Å². The van der Waals surface area contributed by atoms with E-state index in [4.69, 9.17) is 5.11 Å². The molecular weight excluding hydrogens is 329 g/mol. The lowest BCUT2D eigenvalue weighted by atomic mass is 9.87. The molecule has 0 aromatic heterocycles. The van der Waals surface area contributed by atoms with Gasteiger partial charge in [-0.1, -0.05) is 6.92 Å². The highest BCUT2D eigenvalue weighted by Gasteiger charge is 2.18. The van der Waals surface area contributed by atoms with Gasteiger partial charge < -0.3 is 15.7 Å². The molecule has 0 atom stereocenters. The summed E-state index contributed by atoms with van der Waals surface area (Å²) in [5.41, 5.74) is 0. The molecule has 0 radical (unpaired) electrons. The van der Waals surface area contributed by atoms with Crippen LogP contribution in [0.25, 0.3) is 0 Å². The SMILES string of the molecule is CCNC(=NCCO)NC1CCC(C)CC1.I. The summed E-state index contributed by atoms with van der Waals surface area (Å²) in [6.45, 7) is 5.82. The molecule has 3 N–H and O–H groups in total. The topological polar surface area (TPSA) is 56.7 Å². The van der Waals surface area contributed by atoms with Gasteiger partial charge in [0.25, 0.3) is 0 Å². The van der Waals surface area contributed by atoms with E-state index in [0.717, 1.165) is 18.4 Å². The number of nitrogens with zero attached hydrogens (tertiary/aromatic N) is 1. The fraction of sp³-hybridized carbons (Fsp3) is 0.917. The second kappa shape index (κ2) is 9.94. The van der Waals surface area contributed by atoms with Gasteiger partial charge in [0.15, 0.2) is 5.96 Å². The normalized spacial score (nSPS) is 25.0. The Morgan fingerprint density at radius 3 is 2.47 bits per heavy atom. The molecular formula is C12H26IN3O. The van der Waals surface area contributed by atoms with Crippen molar-refractivity contribution >= 4 is 29.9 Å². The number of aliphatic hydroxyl groups is 1. The Balaban J connectivity index is 0.00000256. The van der Waals surface area contributed by atoms with Crippen molar-refractivity contribution in [1.82, 2.24) is 10.6 Å². The number of halogens is 1. The maximum Gasteiger partial charge on any atom is 0.191 e. The molecule has 1 aliphatic carbocycles. The zero-order valence-corrected chi connectivity index (χ0v) is 13.2. The Morgan fingerprint density at radius 1 is 1.29 bits per heavy atom. The number of aliphatic imine (C=N–C) groups is 1. The van der Waals surface area contributed by atoms with Gasteiger partial charge in [-0.15, -0.1) is 24.0 Å². The quantitative estimate of drug-likeness (QED) is 0.409. The molecule has 1 fully saturated rings. The van der Waals surface area contributed by atoms with Crippen LogP contribution in [0.1, 0.15) is 39.5 Å². The molecule has 0 amide bonds. The molecule has 5 heteroatoms. The van der Waals surface area contributed by atoms with Crippen LogP contribution >= 0.6 is 24.0 Å². The summed E-state index contributed by atoms with van der Waals surface area (Å²) in [5, 5.41) is 15.4. The van der Waals surface area contributed by atoms with Crippen LogP contribution in [0.4, 0.5) is 0 Å². The molecule has 0 aromatic carbocycles. The highest BCUT2D eigenvalue weighted by atomic mass is 127. The molecule has 0 unspecified atom stereocenters. The average Bonchev–Trinajstić information content (AvgIpc) is 2.29. The van der Waals surface area contributed by atoms with Gasteiger partial charge in [-0.05, 0) is 38.5 Å². The molecule has 0 bridgehead atoms. The Labute approximate surface area is 122 Å². The fourth-order valence-corrected chi connectivity index (χ4v) is 2.08. The number of nitrogens with one attached hydrogen (secondary N) is 2. The molecule has 4 nitrogen and oxygen atoms in total. The van der Waals surface area contributed by atoms with Crippen molar-refractivity contribution in [1.29, 1.82) is 0 Å². The molecule has 0 aliphatic heterocycles. The van der Waals surface area contributed by atoms with Crippen LogP contribution < -0.4 is 10.6 Å². The summed E-state index contributed by atoms with van der Waals surface area (Å²) >= 11 is 0. The largest absolute Gasteiger partial charge is 0.394 e. The van der Waals surface area contributed by atoms with Crippen molar-refractivity contribution in [2.45, 2.75) is 45.6 Å². The minimum atomic E-state index is 0. The number of hydrogen-bond acceptors (Lipinski definition) is 2. The van der Waals surface area contributed by atoms with Gasteiger partial charge in [0.1, 0.15) is 0 Å². The molecule has 1 rings (SSSR count). The van der Waals surface area contributed by atoms with Gasteiger partial charge in [0, 0.05) is 12.6 Å². The maximum atomic E-state index is 8.76. The van der Waals surface area contributed by atoms with Crippen molar-refractivity contribution in [2.24, 2.45) is 10.9 Å². The van der Waals surface area contributed by atoms with Gasteiger partial charge in [-0.3, -0.25) is 4.99 Å². The fourth-order valence-electron chi connectivity index (χ4n) is 2.08. The third kappa shape index (κ3) is 7.08. The number of aliphatic hydroxyl groups excluding tert-OH is 1. The standard InChI is InChI=1S/C12H25N3O.HI/c1-3-13-12(14-8-9-16)15-11-6-4-10(2)5-7-11;/h10-11,16H,3-9H2,1-2H3,(H2,13,14,15);1H. The zero-order valence-electron chi connectivity index (χ0n) is 10.9. The lowest BCUT2D eigenvalue weighted by Gasteiger charge is -2.28. The van der Waals surface area contributed by atoms with E-state index in [1.165, 1.54) is 25.7 Å². The van der Waals surface area contributed by atoms with Gasteiger partial charge in [0.05, 0.1) is 13.2 Å². The molecule has 17 heavy (non-hydrogen) atoms. The molecule has 1 aliphatic rings. The highest BCUT2D eigenvalue weighted by molar-refractivity contribution is 14.0. The van der Waals surface area contributed by atoms with E-state index in [9.17, 15) is 0 Å². The van der Waals surface area contributed by atoms with Crippen molar-refractivity contribution < 1.29 is 5.11 Å². The Bertz CT molecular complexity index is 216. The smallest absolute Gasteiger partial charge is 0.191 e. The van der Waals surface area contributed by atoms with E-state index in [-0.39, 0.29) is 30.6 Å². The summed E-state index contributed by atoms with van der Waals surface area (Å²) in [6.07, 6.45) is 5.06. The Hall–Kier alpha value is -0.0400. The summed E-state index contributed by atoms with van der Waals surface area (Å²) < 4.78 is 0. The Kier molecular flexibility index (Phi) is 9.91. The summed E-state index contributed by atoms with van der Waals surface area (Å²) in [6, 6.07) is 0.549. The van der Waals surface area contributed by atoms with Crippen molar-refractivity contribution in [3.05, 3.63) is 0 Å². The van der Waals surface area contributed by atoms with Crippen LogP contribution in [0.3, 0.4) is 0 Å². The van der Waals surface area contributed by atoms with Crippen molar-refractivity contribution in [3.8, 4) is 0 Å². The third-order valence-electron chi connectivity index (χ3n) is 3.07. The molecule has 102 valence electrons. The lowest BCUT2D eigenvalue weighted by molar-refractivity contribution is 0.305. The number of rotatable bonds is 4. The average molecular weight is 355 g/mol. The van der Waals surface area contributed by atoms with E-state index in [1.807, 2.05) is 0 Å². The van der Waals surface area contributed by atoms with Crippen LogP contribution in [0.15, 0.2) is 4.99 Å². The lowest BCUT2D eigenvalue weighted by Crippen LogP contribution is -2.44. The van der Waals surface area contributed by atoms with E-state index < -0.39 is 0 Å². The van der Waals surface area contributed by atoms with Gasteiger partial charge in [0.2, 0.25) is 0 Å². The minimum absolute atomic E-state index is 0. The highest BCUT2D eigenvalue weighted by Crippen LogP contribution is 2.23. The van der Waals surface area contributed by atoms with Crippen LogP contribution in [-0.2, 0) is 0 Å². The van der Waals surface area contributed by atoms with Crippen LogP contribution in [0.5, 0.6) is 0 Å². The molecule has 0 aromatic rings. The first-order valence-corrected chi connectivity index (χ1v) is 6.42. The van der Waals surface area contributed by atoms with E-state index in [2.05, 4.69) is 29.5 Å². The van der Waals surface area contributed by atoms with Gasteiger partial charge in [-0.2, -0.15) is 0 Å². The van der Waals surface area contributed by atoms with E-state index >= 15 is 0 Å². The molecule has 0 spiro atoms. The monoisotopic (exact) mass is 355 g/mol. The third-order valence-corrected chi connectivity index (χ3v) is 3.07. The minimum Gasteiger partial charge on any atom is -0.394 e. The summed E-state index contributed by atoms with van der Waals surface area (Å²) in [4.78, 5) is 4.29. The number of guanidine groups is 1. The summed E-state index contributed by atoms with van der Waals surface area (Å²) in [7, 11) is 0. The number of hydrogen-bond donors (Lipinski definition) is 3. The van der Waals surface area contributed by atoms with Crippen LogP contribution in [0.2, 0.25) is 0 Å². The van der Waals surface area contributed by atoms with Crippen LogP contribution in [0, 0.1) is 5.92 Å². The Morgan fingerprint density at radius 2 is 1.94 bits per heavy atom. The maximum absolute atomic E-state index is 8.76. The second-order valence-corrected chi connectivity index (χ2v) is 4.59. The van der Waals surface area contributed by atoms with Gasteiger partial charge in [-0.25, -0.2) is 0 Å². The zero-order chi connectivity index (χ0) is 11.8. The molecule has 1 saturated carbocycles. The second-order valence-electron chi connectivity index (χ2n) is 4.59. The first kappa shape index (κ1) is 17.0. The van der Waals surface area contributed by atoms with Crippen LogP contribution in [-0.4, -0.2) is 36.8 Å². The van der Waals surface area contributed by atoms with E-state index in [0.29, 0.717) is 12.6 Å². The van der Waals surface area contributed by atoms with Gasteiger partial charge >= 0.3 is 0 Å². The molecule has 0 saturated heterocycles. The van der Waals surface area contributed by atoms with Crippen molar-refractivity contribution in [3.63, 3.8) is 0 Å².